The molecule has 0 spiro atoms. The third-order valence-corrected chi connectivity index (χ3v) is 3.93. The number of aromatic nitrogens is 3. The number of aryl methyl sites for hydroxylation is 3. The Kier molecular flexibility index (Phi) is 3.99. The van der Waals surface area contributed by atoms with Crippen LogP contribution in [0.3, 0.4) is 0 Å². The van der Waals surface area contributed by atoms with E-state index in [9.17, 15) is 0 Å². The molecular weight excluding hydrogens is 284 g/mol. The molecule has 0 saturated heterocycles. The lowest BCUT2D eigenvalue weighted by Gasteiger charge is -2.04. The largest absolute Gasteiger partial charge is 0.347 e. The van der Waals surface area contributed by atoms with E-state index in [0.29, 0.717) is 0 Å². The Hall–Kier alpha value is -1.78. The van der Waals surface area contributed by atoms with E-state index in [2.05, 4.69) is 33.4 Å². The number of hydrogen-bond acceptors (Lipinski definition) is 2. The highest BCUT2D eigenvalue weighted by Crippen LogP contribution is 2.25. The molecule has 1 N–H and O–H groups in total. The first kappa shape index (κ1) is 14.2. The number of nitrogens with one attached hydrogen (secondary N) is 1. The summed E-state index contributed by atoms with van der Waals surface area (Å²) < 4.78 is 4.12. The van der Waals surface area contributed by atoms with Gasteiger partial charge >= 0.3 is 0 Å². The second-order valence-electron chi connectivity index (χ2n) is 5.31. The van der Waals surface area contributed by atoms with Crippen molar-refractivity contribution in [2.45, 2.75) is 19.5 Å². The molecule has 5 heteroatoms. The fraction of sp³-hybridized carbons (Fsp3) is 0.312. The number of nitrogens with zero attached hydrogens (tertiary/aromatic N) is 3. The molecule has 4 nitrogen and oxygen atoms in total. The van der Waals surface area contributed by atoms with E-state index in [1.807, 2.05) is 37.1 Å². The van der Waals surface area contributed by atoms with E-state index in [1.165, 1.54) is 22.0 Å². The van der Waals surface area contributed by atoms with Gasteiger partial charge in [0.1, 0.15) is 0 Å². The van der Waals surface area contributed by atoms with Crippen molar-refractivity contribution in [3.63, 3.8) is 0 Å². The molecule has 3 rings (SSSR count). The lowest BCUT2D eigenvalue weighted by Crippen LogP contribution is -2.04. The van der Waals surface area contributed by atoms with Gasteiger partial charge < -0.3 is 9.88 Å². The Labute approximate surface area is 129 Å². The Bertz CT molecular complexity index is 757. The third kappa shape index (κ3) is 2.96. The van der Waals surface area contributed by atoms with Crippen LogP contribution in [0.5, 0.6) is 0 Å². The molecule has 0 bridgehead atoms. The van der Waals surface area contributed by atoms with Crippen molar-refractivity contribution in [3.05, 3.63) is 52.9 Å². The molecule has 0 unspecified atom stereocenters. The molecule has 0 aliphatic carbocycles. The zero-order chi connectivity index (χ0) is 14.8. The first-order valence-corrected chi connectivity index (χ1v) is 7.44. The summed E-state index contributed by atoms with van der Waals surface area (Å²) in [6.45, 7) is 1.78. The summed E-state index contributed by atoms with van der Waals surface area (Å²) in [5.74, 6) is 0. The van der Waals surface area contributed by atoms with Crippen LogP contribution in [-0.2, 0) is 26.6 Å². The minimum atomic E-state index is 0.777. The minimum absolute atomic E-state index is 0.777. The van der Waals surface area contributed by atoms with Crippen LogP contribution in [0.25, 0.3) is 10.9 Å². The van der Waals surface area contributed by atoms with Crippen LogP contribution in [0.2, 0.25) is 5.02 Å². The average molecular weight is 303 g/mol. The highest BCUT2D eigenvalue weighted by atomic mass is 35.5. The van der Waals surface area contributed by atoms with Gasteiger partial charge in [0, 0.05) is 48.5 Å². The quantitative estimate of drug-likeness (QED) is 0.786. The van der Waals surface area contributed by atoms with Crippen molar-refractivity contribution >= 4 is 22.5 Å². The monoisotopic (exact) mass is 302 g/mol. The molecule has 0 atom stereocenters. The molecule has 0 aliphatic heterocycles. The van der Waals surface area contributed by atoms with Crippen molar-refractivity contribution in [2.75, 3.05) is 7.05 Å². The van der Waals surface area contributed by atoms with E-state index in [1.54, 1.807) is 0 Å². The molecule has 0 aliphatic rings. The Morgan fingerprint density at radius 3 is 2.86 bits per heavy atom. The van der Waals surface area contributed by atoms with Crippen LogP contribution in [-0.4, -0.2) is 21.4 Å². The molecule has 21 heavy (non-hydrogen) atoms. The first-order chi connectivity index (χ1) is 10.2. The Balaban J connectivity index is 1.91. The predicted molar refractivity (Wildman–Crippen MR) is 86.6 cm³/mol. The summed E-state index contributed by atoms with van der Waals surface area (Å²) in [4.78, 5) is 0. The van der Waals surface area contributed by atoms with Gasteiger partial charge in [-0.15, -0.1) is 0 Å². The second kappa shape index (κ2) is 5.92. The first-order valence-electron chi connectivity index (χ1n) is 7.07. The van der Waals surface area contributed by atoms with Crippen LogP contribution in [0.1, 0.15) is 11.1 Å². The maximum Gasteiger partial charge on any atom is 0.0522 e. The molecule has 1 aromatic carbocycles. The number of benzene rings is 1. The highest BCUT2D eigenvalue weighted by molar-refractivity contribution is 6.31. The van der Waals surface area contributed by atoms with E-state index in [-0.39, 0.29) is 0 Å². The van der Waals surface area contributed by atoms with Crippen molar-refractivity contribution < 1.29 is 0 Å². The van der Waals surface area contributed by atoms with Crippen molar-refractivity contribution in [1.29, 1.82) is 0 Å². The second-order valence-corrected chi connectivity index (χ2v) is 5.75. The molecule has 0 fully saturated rings. The van der Waals surface area contributed by atoms with Crippen molar-refractivity contribution in [1.82, 2.24) is 19.7 Å². The minimum Gasteiger partial charge on any atom is -0.347 e. The lowest BCUT2D eigenvalue weighted by atomic mass is 10.2. The third-order valence-electron chi connectivity index (χ3n) is 3.69. The van der Waals surface area contributed by atoms with E-state index in [4.69, 9.17) is 11.6 Å². The zero-order valence-electron chi connectivity index (χ0n) is 12.3. The molecule has 3 aromatic rings. The van der Waals surface area contributed by atoms with Crippen LogP contribution in [0.4, 0.5) is 0 Å². The van der Waals surface area contributed by atoms with Gasteiger partial charge in [0.15, 0.2) is 0 Å². The fourth-order valence-corrected chi connectivity index (χ4v) is 2.87. The van der Waals surface area contributed by atoms with Crippen LogP contribution in [0, 0.1) is 0 Å². The standard InChI is InChI=1S/C16H19ClN4/c1-18-9-13-11-21(6-5-12-8-19-20(2)10-12)16-7-14(17)3-4-15(13)16/h3-4,7-8,10-11,18H,5-6,9H2,1-2H3. The normalized spacial score (nSPS) is 11.4. The van der Waals surface area contributed by atoms with Crippen LogP contribution >= 0.6 is 11.6 Å². The van der Waals surface area contributed by atoms with Crippen LogP contribution in [0.15, 0.2) is 36.8 Å². The average Bonchev–Trinajstić information content (AvgIpc) is 3.01. The summed E-state index contributed by atoms with van der Waals surface area (Å²) in [6.07, 6.45) is 7.16. The van der Waals surface area contributed by atoms with Gasteiger partial charge in [0.2, 0.25) is 0 Å². The highest BCUT2D eigenvalue weighted by Gasteiger charge is 2.09. The molecule has 0 saturated carbocycles. The molecule has 2 aromatic heterocycles. The van der Waals surface area contributed by atoms with E-state index in [0.717, 1.165) is 24.5 Å². The van der Waals surface area contributed by atoms with Crippen molar-refractivity contribution in [3.8, 4) is 0 Å². The topological polar surface area (TPSA) is 34.8 Å². The maximum absolute atomic E-state index is 6.16. The fourth-order valence-electron chi connectivity index (χ4n) is 2.71. The van der Waals surface area contributed by atoms with Crippen LogP contribution < -0.4 is 5.32 Å². The molecule has 2 heterocycles. The SMILES string of the molecule is CNCc1cn(CCc2cnn(C)c2)c2cc(Cl)ccc12. The summed E-state index contributed by atoms with van der Waals surface area (Å²) in [5.41, 5.74) is 3.74. The van der Waals surface area contributed by atoms with Gasteiger partial charge in [0.25, 0.3) is 0 Å². The lowest BCUT2D eigenvalue weighted by molar-refractivity contribution is 0.713. The van der Waals surface area contributed by atoms with Gasteiger partial charge in [-0.25, -0.2) is 0 Å². The van der Waals surface area contributed by atoms with Gasteiger partial charge in [-0.3, -0.25) is 4.68 Å². The van der Waals surface area contributed by atoms with Gasteiger partial charge in [-0.2, -0.15) is 5.10 Å². The summed E-state index contributed by atoms with van der Waals surface area (Å²) >= 11 is 6.16. The molecule has 110 valence electrons. The van der Waals surface area contributed by atoms with E-state index >= 15 is 0 Å². The number of hydrogen-bond donors (Lipinski definition) is 1. The van der Waals surface area contributed by atoms with Gasteiger partial charge in [-0.05, 0) is 36.7 Å². The summed E-state index contributed by atoms with van der Waals surface area (Å²) in [5, 5.41) is 9.48. The predicted octanol–water partition coefficient (Wildman–Crippen LogP) is 2.99. The maximum atomic E-state index is 6.16. The number of halogens is 1. The molecular formula is C16H19ClN4. The number of rotatable bonds is 5. The zero-order valence-corrected chi connectivity index (χ0v) is 13.1. The van der Waals surface area contributed by atoms with Gasteiger partial charge in [0.05, 0.1) is 6.20 Å². The van der Waals surface area contributed by atoms with E-state index < -0.39 is 0 Å². The molecule has 0 amide bonds. The Morgan fingerprint density at radius 2 is 2.14 bits per heavy atom. The smallest absolute Gasteiger partial charge is 0.0522 e. The Morgan fingerprint density at radius 1 is 1.29 bits per heavy atom. The van der Waals surface area contributed by atoms with Gasteiger partial charge in [-0.1, -0.05) is 17.7 Å². The van der Waals surface area contributed by atoms with Crippen molar-refractivity contribution in [2.24, 2.45) is 7.05 Å². The molecule has 0 radical (unpaired) electrons. The summed E-state index contributed by atoms with van der Waals surface area (Å²) in [7, 11) is 3.91. The number of fused-ring (bicyclic) bond motifs is 1. The summed E-state index contributed by atoms with van der Waals surface area (Å²) in [6, 6.07) is 6.10.